The van der Waals surface area contributed by atoms with Gasteiger partial charge >= 0.3 is 0 Å². The third kappa shape index (κ3) is 8.13. The van der Waals surface area contributed by atoms with Crippen molar-refractivity contribution in [3.05, 3.63) is 65.2 Å². The number of aliphatic hydroxyl groups is 2. The normalized spacial score (nSPS) is 18.3. The number of carbonyl (C=O) groups is 3. The summed E-state index contributed by atoms with van der Waals surface area (Å²) in [6, 6.07) is 13.6. The van der Waals surface area contributed by atoms with Crippen LogP contribution in [0.5, 0.6) is 0 Å². The number of hydrogen-bond donors (Lipinski definition) is 5. The Bertz CT molecular complexity index is 1150. The van der Waals surface area contributed by atoms with Crippen molar-refractivity contribution in [3.63, 3.8) is 0 Å². The monoisotopic (exact) mass is 550 g/mol. The summed E-state index contributed by atoms with van der Waals surface area (Å²) >= 11 is 0. The Labute approximate surface area is 236 Å². The van der Waals surface area contributed by atoms with Crippen LogP contribution < -0.4 is 20.9 Å². The lowest BCUT2D eigenvalue weighted by Gasteiger charge is -2.28. The average molecular weight is 551 g/mol. The van der Waals surface area contributed by atoms with Crippen LogP contribution in [0.3, 0.4) is 0 Å². The highest BCUT2D eigenvalue weighted by molar-refractivity contribution is 5.99. The largest absolute Gasteiger partial charge is 0.392 e. The summed E-state index contributed by atoms with van der Waals surface area (Å²) in [5, 5.41) is 30.2. The first kappa shape index (κ1) is 29.7. The first-order chi connectivity index (χ1) is 19.3. The van der Waals surface area contributed by atoms with Gasteiger partial charge in [0.2, 0.25) is 11.8 Å². The molecule has 1 aliphatic heterocycles. The molecule has 1 heterocycles. The van der Waals surface area contributed by atoms with Gasteiger partial charge in [0.15, 0.2) is 0 Å². The molecule has 4 rings (SSSR count). The van der Waals surface area contributed by atoms with E-state index in [9.17, 15) is 24.6 Å². The smallest absolute Gasteiger partial charge is 0.251 e. The van der Waals surface area contributed by atoms with Crippen molar-refractivity contribution in [3.8, 4) is 0 Å². The Hall–Kier alpha value is -3.27. The van der Waals surface area contributed by atoms with Gasteiger partial charge in [-0.1, -0.05) is 49.6 Å². The van der Waals surface area contributed by atoms with Gasteiger partial charge in [0.1, 0.15) is 0 Å². The highest BCUT2D eigenvalue weighted by atomic mass is 16.3. The predicted octanol–water partition coefficient (Wildman–Crippen LogP) is 2.43. The third-order valence-corrected chi connectivity index (χ3v) is 7.86. The van der Waals surface area contributed by atoms with Crippen LogP contribution in [-0.4, -0.2) is 65.3 Å². The van der Waals surface area contributed by atoms with Crippen LogP contribution in [0.15, 0.2) is 48.5 Å². The molecule has 0 spiro atoms. The molecule has 2 aliphatic rings. The second-order valence-electron chi connectivity index (χ2n) is 11.0. The van der Waals surface area contributed by atoms with Crippen molar-refractivity contribution < 1.29 is 24.6 Å². The SMILES string of the molecule is C[C@H](NC[C@@H](O)[C@H](Cc1ccccc1)NC(=O)c1cc(CO)cc(N2CCCC2=O)c1)C(=O)NC1CCCCC1. The Morgan fingerprint density at radius 2 is 1.77 bits per heavy atom. The van der Waals surface area contributed by atoms with Gasteiger partial charge in [-0.05, 0) is 61.9 Å². The number of nitrogens with zero attached hydrogens (tertiary/aromatic N) is 1. The van der Waals surface area contributed by atoms with Gasteiger partial charge in [-0.3, -0.25) is 14.4 Å². The molecule has 216 valence electrons. The molecular formula is C31H42N4O5. The van der Waals surface area contributed by atoms with E-state index in [1.807, 2.05) is 30.3 Å². The molecule has 0 aromatic heterocycles. The summed E-state index contributed by atoms with van der Waals surface area (Å²) in [6.45, 7) is 2.19. The second kappa shape index (κ2) is 14.4. The molecule has 1 saturated carbocycles. The fraction of sp³-hybridized carbons (Fsp3) is 0.516. The van der Waals surface area contributed by atoms with Crippen LogP contribution in [0.25, 0.3) is 0 Å². The molecular weight excluding hydrogens is 508 g/mol. The number of rotatable bonds is 12. The van der Waals surface area contributed by atoms with Crippen LogP contribution in [0.4, 0.5) is 5.69 Å². The van der Waals surface area contributed by atoms with Crippen LogP contribution in [-0.2, 0) is 22.6 Å². The maximum atomic E-state index is 13.4. The van der Waals surface area contributed by atoms with E-state index in [1.165, 1.54) is 6.42 Å². The van der Waals surface area contributed by atoms with Gasteiger partial charge < -0.3 is 31.1 Å². The number of benzene rings is 2. The molecule has 0 bridgehead atoms. The number of aliphatic hydroxyl groups excluding tert-OH is 2. The zero-order chi connectivity index (χ0) is 28.5. The van der Waals surface area contributed by atoms with E-state index in [1.54, 1.807) is 30.0 Å². The third-order valence-electron chi connectivity index (χ3n) is 7.86. The van der Waals surface area contributed by atoms with Gasteiger partial charge in [-0.25, -0.2) is 0 Å². The number of hydrogen-bond acceptors (Lipinski definition) is 6. The van der Waals surface area contributed by atoms with E-state index in [-0.39, 0.29) is 31.0 Å². The lowest BCUT2D eigenvalue weighted by molar-refractivity contribution is -0.123. The fourth-order valence-electron chi connectivity index (χ4n) is 5.48. The highest BCUT2D eigenvalue weighted by Crippen LogP contribution is 2.25. The molecule has 2 aromatic rings. The number of nitrogens with one attached hydrogen (secondary N) is 3. The maximum Gasteiger partial charge on any atom is 0.251 e. The van der Waals surface area contributed by atoms with Gasteiger partial charge in [-0.15, -0.1) is 0 Å². The molecule has 0 radical (unpaired) electrons. The van der Waals surface area contributed by atoms with E-state index in [0.717, 1.165) is 37.7 Å². The van der Waals surface area contributed by atoms with Crippen molar-refractivity contribution in [1.29, 1.82) is 0 Å². The van der Waals surface area contributed by atoms with Crippen LogP contribution in [0.2, 0.25) is 0 Å². The topological polar surface area (TPSA) is 131 Å². The molecule has 5 N–H and O–H groups in total. The summed E-state index contributed by atoms with van der Waals surface area (Å²) in [6.07, 6.45) is 6.08. The lowest BCUT2D eigenvalue weighted by atomic mass is 9.95. The number of amides is 3. The minimum absolute atomic E-state index is 0.00783. The first-order valence-electron chi connectivity index (χ1n) is 14.5. The molecule has 9 nitrogen and oxygen atoms in total. The van der Waals surface area contributed by atoms with Gasteiger partial charge in [-0.2, -0.15) is 0 Å². The second-order valence-corrected chi connectivity index (χ2v) is 11.0. The number of carbonyl (C=O) groups excluding carboxylic acids is 3. The Morgan fingerprint density at radius 3 is 2.45 bits per heavy atom. The summed E-state index contributed by atoms with van der Waals surface area (Å²) in [7, 11) is 0. The average Bonchev–Trinajstić information content (AvgIpc) is 3.41. The molecule has 2 aromatic carbocycles. The summed E-state index contributed by atoms with van der Waals surface area (Å²) < 4.78 is 0. The summed E-state index contributed by atoms with van der Waals surface area (Å²) in [5.41, 5.74) is 2.36. The minimum Gasteiger partial charge on any atom is -0.392 e. The van der Waals surface area contributed by atoms with Crippen molar-refractivity contribution in [1.82, 2.24) is 16.0 Å². The molecule has 1 saturated heterocycles. The summed E-state index contributed by atoms with van der Waals surface area (Å²) in [5.74, 6) is -0.509. The summed E-state index contributed by atoms with van der Waals surface area (Å²) in [4.78, 5) is 40.1. The standard InChI is InChI=1S/C31H42N4O5/c1-21(30(39)33-25-11-6-3-7-12-25)32-19-28(37)27(17-22-9-4-2-5-10-22)34-31(40)24-15-23(20-36)16-26(18-24)35-14-8-13-29(35)38/h2,4-5,9-10,15-16,18,21,25,27-28,32,36-37H,3,6-8,11-14,17,19-20H2,1H3,(H,33,39)(H,34,40)/t21-,27-,28+/m0/s1. The van der Waals surface area contributed by atoms with Crippen molar-refractivity contribution >= 4 is 23.4 Å². The van der Waals surface area contributed by atoms with Crippen molar-refractivity contribution in [2.45, 2.75) is 89.1 Å². The van der Waals surface area contributed by atoms with E-state index < -0.39 is 24.1 Å². The van der Waals surface area contributed by atoms with Gasteiger partial charge in [0.05, 0.1) is 24.8 Å². The highest BCUT2D eigenvalue weighted by Gasteiger charge is 2.27. The quantitative estimate of drug-likeness (QED) is 0.276. The zero-order valence-corrected chi connectivity index (χ0v) is 23.3. The molecule has 40 heavy (non-hydrogen) atoms. The van der Waals surface area contributed by atoms with Crippen LogP contribution in [0.1, 0.15) is 73.4 Å². The first-order valence-corrected chi connectivity index (χ1v) is 14.5. The van der Waals surface area contributed by atoms with Crippen LogP contribution in [0, 0.1) is 0 Å². The van der Waals surface area contributed by atoms with Gasteiger partial charge in [0.25, 0.3) is 5.91 Å². The Balaban J connectivity index is 1.44. The van der Waals surface area contributed by atoms with E-state index in [4.69, 9.17) is 0 Å². The molecule has 1 aliphatic carbocycles. The molecule has 9 heteroatoms. The van der Waals surface area contributed by atoms with E-state index in [0.29, 0.717) is 36.2 Å². The van der Waals surface area contributed by atoms with E-state index in [2.05, 4.69) is 16.0 Å². The molecule has 3 atom stereocenters. The molecule has 0 unspecified atom stereocenters. The van der Waals surface area contributed by atoms with Crippen molar-refractivity contribution in [2.24, 2.45) is 0 Å². The maximum absolute atomic E-state index is 13.4. The van der Waals surface area contributed by atoms with E-state index >= 15 is 0 Å². The minimum atomic E-state index is -0.977. The number of anilines is 1. The fourth-order valence-corrected chi connectivity index (χ4v) is 5.48. The van der Waals surface area contributed by atoms with Crippen molar-refractivity contribution in [2.75, 3.05) is 18.0 Å². The molecule has 2 fully saturated rings. The predicted molar refractivity (Wildman–Crippen MR) is 154 cm³/mol. The Morgan fingerprint density at radius 1 is 1.02 bits per heavy atom. The van der Waals surface area contributed by atoms with Gasteiger partial charge in [0, 0.05) is 36.8 Å². The lowest BCUT2D eigenvalue weighted by Crippen LogP contribution is -2.53. The molecule has 3 amide bonds. The zero-order valence-electron chi connectivity index (χ0n) is 23.3. The van der Waals surface area contributed by atoms with Crippen LogP contribution >= 0.6 is 0 Å². The Kier molecular flexibility index (Phi) is 10.7.